The van der Waals surface area contributed by atoms with Gasteiger partial charge in [-0.3, -0.25) is 0 Å². The SMILES string of the molecule is CCc1nc(NN)c(C)c(Sc2ncco2)n1. The average molecular weight is 251 g/mol. The summed E-state index contributed by atoms with van der Waals surface area (Å²) in [4.78, 5) is 12.8. The normalized spacial score (nSPS) is 10.5. The van der Waals surface area contributed by atoms with Gasteiger partial charge in [0.15, 0.2) is 0 Å². The van der Waals surface area contributed by atoms with E-state index in [0.29, 0.717) is 11.0 Å². The van der Waals surface area contributed by atoms with Gasteiger partial charge in [0.05, 0.1) is 6.20 Å². The number of oxazole rings is 1. The van der Waals surface area contributed by atoms with Gasteiger partial charge in [-0.2, -0.15) is 0 Å². The summed E-state index contributed by atoms with van der Waals surface area (Å²) < 4.78 is 5.18. The van der Waals surface area contributed by atoms with Crippen LogP contribution in [0, 0.1) is 6.92 Å². The van der Waals surface area contributed by atoms with Crippen LogP contribution in [-0.2, 0) is 6.42 Å². The minimum absolute atomic E-state index is 0.553. The Morgan fingerprint density at radius 2 is 2.29 bits per heavy atom. The van der Waals surface area contributed by atoms with E-state index in [4.69, 9.17) is 10.3 Å². The first-order chi connectivity index (χ1) is 8.24. The van der Waals surface area contributed by atoms with Gasteiger partial charge in [0.25, 0.3) is 5.22 Å². The monoisotopic (exact) mass is 251 g/mol. The van der Waals surface area contributed by atoms with Gasteiger partial charge < -0.3 is 9.84 Å². The van der Waals surface area contributed by atoms with Crippen LogP contribution in [0.5, 0.6) is 0 Å². The summed E-state index contributed by atoms with van der Waals surface area (Å²) in [7, 11) is 0. The number of nitrogens with two attached hydrogens (primary N) is 1. The van der Waals surface area contributed by atoms with Gasteiger partial charge in [0.1, 0.15) is 22.9 Å². The third-order valence-electron chi connectivity index (χ3n) is 2.19. The van der Waals surface area contributed by atoms with Crippen molar-refractivity contribution in [1.29, 1.82) is 0 Å². The van der Waals surface area contributed by atoms with E-state index in [-0.39, 0.29) is 0 Å². The van der Waals surface area contributed by atoms with Crippen LogP contribution in [0.15, 0.2) is 27.1 Å². The second-order valence-electron chi connectivity index (χ2n) is 3.32. The topological polar surface area (TPSA) is 89.9 Å². The molecule has 0 bridgehead atoms. The highest BCUT2D eigenvalue weighted by Gasteiger charge is 2.12. The predicted molar refractivity (Wildman–Crippen MR) is 64.6 cm³/mol. The first-order valence-electron chi connectivity index (χ1n) is 5.16. The Hall–Kier alpha value is -1.60. The van der Waals surface area contributed by atoms with Gasteiger partial charge in [-0.15, -0.1) is 0 Å². The molecule has 0 aliphatic heterocycles. The summed E-state index contributed by atoms with van der Waals surface area (Å²) >= 11 is 1.36. The standard InChI is InChI=1S/C10H13N5OS/c1-3-7-13-8(15-11)6(2)9(14-7)17-10-12-4-5-16-10/h4-5H,3,11H2,1-2H3,(H,13,14,15). The van der Waals surface area contributed by atoms with E-state index in [2.05, 4.69) is 20.4 Å². The highest BCUT2D eigenvalue weighted by Crippen LogP contribution is 2.29. The van der Waals surface area contributed by atoms with E-state index in [1.165, 1.54) is 18.0 Å². The summed E-state index contributed by atoms with van der Waals surface area (Å²) in [6.07, 6.45) is 3.87. The molecule has 0 unspecified atom stereocenters. The zero-order valence-corrected chi connectivity index (χ0v) is 10.4. The Labute approximate surface area is 103 Å². The molecule has 2 rings (SSSR count). The Balaban J connectivity index is 2.38. The first kappa shape index (κ1) is 11.9. The molecular formula is C10H13N5OS. The van der Waals surface area contributed by atoms with Crippen LogP contribution in [0.25, 0.3) is 0 Å². The zero-order valence-electron chi connectivity index (χ0n) is 9.60. The van der Waals surface area contributed by atoms with Gasteiger partial charge >= 0.3 is 0 Å². The number of anilines is 1. The Kier molecular flexibility index (Phi) is 3.60. The van der Waals surface area contributed by atoms with Gasteiger partial charge in [-0.1, -0.05) is 6.92 Å². The van der Waals surface area contributed by atoms with Gasteiger partial charge in [0, 0.05) is 12.0 Å². The van der Waals surface area contributed by atoms with Crippen LogP contribution in [0.4, 0.5) is 5.82 Å². The maximum Gasteiger partial charge on any atom is 0.261 e. The predicted octanol–water partition coefficient (Wildman–Crippen LogP) is 1.77. The zero-order chi connectivity index (χ0) is 12.3. The molecule has 90 valence electrons. The summed E-state index contributed by atoms with van der Waals surface area (Å²) in [5, 5.41) is 1.35. The molecule has 0 saturated heterocycles. The molecule has 0 aliphatic carbocycles. The second kappa shape index (κ2) is 5.15. The van der Waals surface area contributed by atoms with Crippen molar-refractivity contribution in [2.75, 3.05) is 5.43 Å². The fourth-order valence-corrected chi connectivity index (χ4v) is 2.07. The average Bonchev–Trinajstić information content (AvgIpc) is 2.84. The van der Waals surface area contributed by atoms with E-state index in [9.17, 15) is 0 Å². The third-order valence-corrected chi connectivity index (χ3v) is 3.16. The van der Waals surface area contributed by atoms with Crippen molar-refractivity contribution in [3.8, 4) is 0 Å². The largest absolute Gasteiger partial charge is 0.440 e. The van der Waals surface area contributed by atoms with Crippen molar-refractivity contribution in [2.24, 2.45) is 5.84 Å². The lowest BCUT2D eigenvalue weighted by Gasteiger charge is -2.09. The molecular weight excluding hydrogens is 238 g/mol. The van der Waals surface area contributed by atoms with Crippen LogP contribution in [0.2, 0.25) is 0 Å². The number of nitrogens with one attached hydrogen (secondary N) is 1. The van der Waals surface area contributed by atoms with Crippen LogP contribution >= 0.6 is 11.8 Å². The molecule has 0 saturated carbocycles. The van der Waals surface area contributed by atoms with E-state index in [1.54, 1.807) is 6.20 Å². The van der Waals surface area contributed by atoms with Crippen LogP contribution in [0.1, 0.15) is 18.3 Å². The molecule has 0 amide bonds. The summed E-state index contributed by atoms with van der Waals surface area (Å²) in [6, 6.07) is 0. The van der Waals surface area contributed by atoms with Crippen LogP contribution in [-0.4, -0.2) is 15.0 Å². The summed E-state index contributed by atoms with van der Waals surface area (Å²) in [5.41, 5.74) is 3.46. The number of hydrogen-bond donors (Lipinski definition) is 2. The maximum atomic E-state index is 5.43. The van der Waals surface area contributed by atoms with E-state index in [1.807, 2.05) is 13.8 Å². The van der Waals surface area contributed by atoms with E-state index < -0.39 is 0 Å². The second-order valence-corrected chi connectivity index (χ2v) is 4.26. The third kappa shape index (κ3) is 2.56. The quantitative estimate of drug-likeness (QED) is 0.486. The fourth-order valence-electron chi connectivity index (χ4n) is 1.28. The number of aryl methyl sites for hydroxylation is 1. The summed E-state index contributed by atoms with van der Waals surface area (Å²) in [5.74, 6) is 6.79. The minimum atomic E-state index is 0.553. The molecule has 3 N–H and O–H groups in total. The lowest BCUT2D eigenvalue weighted by Crippen LogP contribution is -2.13. The molecule has 2 aromatic heterocycles. The first-order valence-corrected chi connectivity index (χ1v) is 5.97. The van der Waals surface area contributed by atoms with Crippen molar-refractivity contribution in [2.45, 2.75) is 30.5 Å². The van der Waals surface area contributed by atoms with Crippen molar-refractivity contribution >= 4 is 17.6 Å². The van der Waals surface area contributed by atoms with Crippen LogP contribution in [0.3, 0.4) is 0 Å². The number of aromatic nitrogens is 3. The van der Waals surface area contributed by atoms with Gasteiger partial charge in [-0.25, -0.2) is 20.8 Å². The van der Waals surface area contributed by atoms with Crippen molar-refractivity contribution < 1.29 is 4.42 Å². The molecule has 0 fully saturated rings. The van der Waals surface area contributed by atoms with E-state index in [0.717, 1.165) is 22.8 Å². The molecule has 17 heavy (non-hydrogen) atoms. The number of hydrazine groups is 1. The van der Waals surface area contributed by atoms with Crippen molar-refractivity contribution in [1.82, 2.24) is 15.0 Å². The molecule has 6 nitrogen and oxygen atoms in total. The number of hydrogen-bond acceptors (Lipinski definition) is 7. The van der Waals surface area contributed by atoms with Gasteiger partial charge in [-0.05, 0) is 18.7 Å². The maximum absolute atomic E-state index is 5.43. The molecule has 7 heteroatoms. The number of nitrogens with zero attached hydrogens (tertiary/aromatic N) is 3. The molecule has 2 aromatic rings. The Morgan fingerprint density at radius 3 is 2.88 bits per heavy atom. The molecule has 0 aromatic carbocycles. The molecule has 0 atom stereocenters. The fraction of sp³-hybridized carbons (Fsp3) is 0.300. The highest BCUT2D eigenvalue weighted by atomic mass is 32.2. The molecule has 0 aliphatic rings. The number of nitrogen functional groups attached to an aromatic ring is 1. The Morgan fingerprint density at radius 1 is 1.47 bits per heavy atom. The molecule has 2 heterocycles. The van der Waals surface area contributed by atoms with Crippen LogP contribution < -0.4 is 11.3 Å². The molecule has 0 radical (unpaired) electrons. The number of rotatable bonds is 4. The molecule has 0 spiro atoms. The Bertz CT molecular complexity index is 500. The smallest absolute Gasteiger partial charge is 0.261 e. The lowest BCUT2D eigenvalue weighted by molar-refractivity contribution is 0.454. The van der Waals surface area contributed by atoms with E-state index >= 15 is 0 Å². The summed E-state index contributed by atoms with van der Waals surface area (Å²) in [6.45, 7) is 3.89. The minimum Gasteiger partial charge on any atom is -0.440 e. The highest BCUT2D eigenvalue weighted by molar-refractivity contribution is 7.99. The lowest BCUT2D eigenvalue weighted by atomic mass is 10.3. The van der Waals surface area contributed by atoms with Crippen molar-refractivity contribution in [3.05, 3.63) is 23.8 Å². The van der Waals surface area contributed by atoms with Crippen molar-refractivity contribution in [3.63, 3.8) is 0 Å². The van der Waals surface area contributed by atoms with Gasteiger partial charge in [0.2, 0.25) is 0 Å².